The first-order chi connectivity index (χ1) is 8.58. The van der Waals surface area contributed by atoms with E-state index in [0.29, 0.717) is 18.4 Å². The van der Waals surface area contributed by atoms with Gasteiger partial charge in [-0.1, -0.05) is 13.8 Å². The molecule has 0 unspecified atom stereocenters. The van der Waals surface area contributed by atoms with Crippen LogP contribution < -0.4 is 0 Å². The summed E-state index contributed by atoms with van der Waals surface area (Å²) in [6.07, 6.45) is 5.79. The smallest absolute Gasteiger partial charge is 0.302 e. The van der Waals surface area contributed by atoms with Gasteiger partial charge in [-0.3, -0.25) is 4.79 Å². The van der Waals surface area contributed by atoms with Crippen LogP contribution in [-0.4, -0.2) is 31.1 Å². The van der Waals surface area contributed by atoms with Crippen LogP contribution in [0.15, 0.2) is 4.99 Å². The van der Waals surface area contributed by atoms with Gasteiger partial charge in [0.05, 0.1) is 18.6 Å². The zero-order valence-corrected chi connectivity index (χ0v) is 11.0. The summed E-state index contributed by atoms with van der Waals surface area (Å²) < 4.78 is 10.6. The molecule has 1 heterocycles. The molecule has 1 aliphatic heterocycles. The lowest BCUT2D eigenvalue weighted by Crippen LogP contribution is -2.21. The number of carbonyl (C=O) groups is 1. The third-order valence-electron chi connectivity index (χ3n) is 3.01. The van der Waals surface area contributed by atoms with Gasteiger partial charge in [-0.2, -0.15) is 0 Å². The molecule has 0 saturated heterocycles. The number of carbonyl (C=O) groups excluding carboxylic acids is 1. The van der Waals surface area contributed by atoms with Crippen molar-refractivity contribution >= 4 is 11.9 Å². The van der Waals surface area contributed by atoms with E-state index in [4.69, 9.17) is 9.47 Å². The molecule has 1 fully saturated rings. The van der Waals surface area contributed by atoms with Crippen molar-refractivity contribution in [1.82, 2.24) is 0 Å². The lowest BCUT2D eigenvalue weighted by molar-refractivity contribution is -0.140. The largest absolute Gasteiger partial charge is 0.478 e. The third kappa shape index (κ3) is 3.03. The first kappa shape index (κ1) is 13.4. The predicted octanol–water partition coefficient (Wildman–Crippen LogP) is 1.78. The van der Waals surface area contributed by atoms with Crippen molar-refractivity contribution in [1.29, 1.82) is 0 Å². The highest BCUT2D eigenvalue weighted by atomic mass is 16.5. The molecule has 5 radical (unpaired) electrons. The molecule has 0 aromatic rings. The van der Waals surface area contributed by atoms with Gasteiger partial charge in [-0.05, 0) is 25.2 Å². The van der Waals surface area contributed by atoms with Crippen molar-refractivity contribution in [3.63, 3.8) is 0 Å². The number of rotatable bonds is 4. The molecule has 4 heteroatoms. The van der Waals surface area contributed by atoms with E-state index in [2.05, 4.69) is 18.8 Å². The van der Waals surface area contributed by atoms with Gasteiger partial charge >= 0.3 is 5.97 Å². The number of aliphatic imine (C=N–C) groups is 1. The van der Waals surface area contributed by atoms with Crippen molar-refractivity contribution in [2.45, 2.75) is 26.8 Å². The molecule has 18 heavy (non-hydrogen) atoms. The molecule has 0 aromatic carbocycles. The minimum Gasteiger partial charge on any atom is -0.478 e. The number of hydrogen-bond donors (Lipinski definition) is 0. The lowest BCUT2D eigenvalue weighted by Gasteiger charge is -2.16. The van der Waals surface area contributed by atoms with Crippen LogP contribution in [-0.2, 0) is 14.3 Å². The third-order valence-corrected chi connectivity index (χ3v) is 3.01. The molecule has 4 nitrogen and oxygen atoms in total. The highest BCUT2D eigenvalue weighted by molar-refractivity contribution is 5.98. The Hall–Kier alpha value is -1.06. The Bertz CT molecular complexity index is 338. The minimum absolute atomic E-state index is 0.219. The summed E-state index contributed by atoms with van der Waals surface area (Å²) in [5.41, 5.74) is 0. The highest BCUT2D eigenvalue weighted by Crippen LogP contribution is 2.36. The molecule has 97 valence electrons. The van der Waals surface area contributed by atoms with Crippen LogP contribution in [0.2, 0.25) is 0 Å². The molecular formula is C14H18NO3. The molecule has 0 amide bonds. The Morgan fingerprint density at radius 1 is 1.56 bits per heavy atom. The summed E-state index contributed by atoms with van der Waals surface area (Å²) in [4.78, 5) is 15.4. The standard InChI is InChI=1S/C14H18NO3/c1-9(2)13-8-18-14(15-13)12-6-4-5-11(12)7-17-10(3)16/h4-6,9,13H,7-8H2,1-3H3/t13-/m1/s1. The monoisotopic (exact) mass is 248 g/mol. The van der Waals surface area contributed by atoms with E-state index in [1.165, 1.54) is 6.92 Å². The Labute approximate surface area is 109 Å². The second-order valence-corrected chi connectivity index (χ2v) is 4.80. The molecule has 2 rings (SSSR count). The van der Waals surface area contributed by atoms with Crippen LogP contribution in [0.25, 0.3) is 0 Å². The van der Waals surface area contributed by atoms with Crippen LogP contribution in [0.5, 0.6) is 0 Å². The highest BCUT2D eigenvalue weighted by Gasteiger charge is 2.38. The summed E-state index contributed by atoms with van der Waals surface area (Å²) in [6.45, 7) is 6.56. The van der Waals surface area contributed by atoms with Crippen LogP contribution in [0, 0.1) is 37.0 Å². The fourth-order valence-corrected chi connectivity index (χ4v) is 1.85. The average Bonchev–Trinajstić information content (AvgIpc) is 2.94. The van der Waals surface area contributed by atoms with Crippen LogP contribution in [0.3, 0.4) is 0 Å². The maximum absolute atomic E-state index is 10.8. The van der Waals surface area contributed by atoms with Crippen molar-refractivity contribution in [2.75, 3.05) is 13.2 Å². The quantitative estimate of drug-likeness (QED) is 0.712. The fraction of sp³-hybridized carbons (Fsp3) is 0.500. The van der Waals surface area contributed by atoms with E-state index in [-0.39, 0.29) is 18.6 Å². The Balaban J connectivity index is 1.95. The maximum Gasteiger partial charge on any atom is 0.302 e. The summed E-state index contributed by atoms with van der Waals surface area (Å²) in [7, 11) is 0. The van der Waals surface area contributed by atoms with E-state index < -0.39 is 0 Å². The van der Waals surface area contributed by atoms with Crippen molar-refractivity contribution < 1.29 is 14.3 Å². The molecule has 1 saturated carbocycles. The first-order valence-corrected chi connectivity index (χ1v) is 6.17. The Morgan fingerprint density at radius 3 is 2.94 bits per heavy atom. The van der Waals surface area contributed by atoms with Gasteiger partial charge < -0.3 is 9.47 Å². The first-order valence-electron chi connectivity index (χ1n) is 6.17. The van der Waals surface area contributed by atoms with Gasteiger partial charge in [0.25, 0.3) is 0 Å². The van der Waals surface area contributed by atoms with E-state index in [0.717, 1.165) is 11.8 Å². The molecule has 2 aliphatic rings. The zero-order valence-electron chi connectivity index (χ0n) is 11.0. The average molecular weight is 248 g/mol. The number of ether oxygens (including phenoxy) is 2. The van der Waals surface area contributed by atoms with Gasteiger partial charge in [0, 0.05) is 12.8 Å². The Kier molecular flexibility index (Phi) is 4.25. The van der Waals surface area contributed by atoms with Crippen molar-refractivity contribution in [3.05, 3.63) is 31.1 Å². The lowest BCUT2D eigenvalue weighted by atomic mass is 9.96. The van der Waals surface area contributed by atoms with E-state index in [1.807, 2.05) is 19.3 Å². The second-order valence-electron chi connectivity index (χ2n) is 4.80. The topological polar surface area (TPSA) is 47.9 Å². The molecule has 0 bridgehead atoms. The summed E-state index contributed by atoms with van der Waals surface area (Å²) in [5.74, 6) is 2.72. The van der Waals surface area contributed by atoms with Gasteiger partial charge in [-0.25, -0.2) is 4.99 Å². The van der Waals surface area contributed by atoms with Crippen LogP contribution >= 0.6 is 0 Å². The number of esters is 1. The van der Waals surface area contributed by atoms with Crippen LogP contribution in [0.4, 0.5) is 0 Å². The van der Waals surface area contributed by atoms with Crippen molar-refractivity contribution in [2.24, 2.45) is 10.9 Å². The molecule has 1 atom stereocenters. The molecular weight excluding hydrogens is 230 g/mol. The molecule has 0 N–H and O–H groups in total. The Morgan fingerprint density at radius 2 is 2.33 bits per heavy atom. The molecule has 0 aromatic heterocycles. The van der Waals surface area contributed by atoms with Gasteiger partial charge in [0.1, 0.15) is 6.61 Å². The SMILES string of the molecule is CC(=O)OC[C]1[CH][CH][CH][C]1C1=N[C@@H](C(C)C)CO1. The zero-order chi connectivity index (χ0) is 13.1. The summed E-state index contributed by atoms with van der Waals surface area (Å²) >= 11 is 0. The number of nitrogens with zero attached hydrogens (tertiary/aromatic N) is 1. The maximum atomic E-state index is 10.8. The van der Waals surface area contributed by atoms with Gasteiger partial charge in [0.15, 0.2) is 5.90 Å². The van der Waals surface area contributed by atoms with E-state index in [9.17, 15) is 4.79 Å². The summed E-state index contributed by atoms with van der Waals surface area (Å²) in [5, 5.41) is 0. The van der Waals surface area contributed by atoms with Crippen molar-refractivity contribution in [3.8, 4) is 0 Å². The molecule has 1 aliphatic carbocycles. The van der Waals surface area contributed by atoms with E-state index >= 15 is 0 Å². The predicted molar refractivity (Wildman–Crippen MR) is 68.0 cm³/mol. The number of hydrogen-bond acceptors (Lipinski definition) is 4. The van der Waals surface area contributed by atoms with E-state index in [1.54, 1.807) is 0 Å². The van der Waals surface area contributed by atoms with Gasteiger partial charge in [-0.15, -0.1) is 0 Å². The normalized spacial score (nSPS) is 25.3. The van der Waals surface area contributed by atoms with Crippen LogP contribution in [0.1, 0.15) is 20.8 Å². The molecule has 0 spiro atoms. The van der Waals surface area contributed by atoms with Gasteiger partial charge in [0.2, 0.25) is 0 Å². The minimum atomic E-state index is -0.281. The summed E-state index contributed by atoms with van der Waals surface area (Å²) in [6, 6.07) is 0.219. The second kappa shape index (κ2) is 5.72. The fourth-order valence-electron chi connectivity index (χ4n) is 1.85.